The van der Waals surface area contributed by atoms with Crippen LogP contribution >= 0.6 is 11.6 Å². The number of benzene rings is 2. The zero-order chi connectivity index (χ0) is 16.8. The molecule has 0 aliphatic rings. The molecule has 0 saturated heterocycles. The summed E-state index contributed by atoms with van der Waals surface area (Å²) in [7, 11) is 0. The van der Waals surface area contributed by atoms with Crippen LogP contribution in [0.15, 0.2) is 42.5 Å². The van der Waals surface area contributed by atoms with E-state index in [2.05, 4.69) is 5.32 Å². The molecule has 0 aromatic heterocycles. The summed E-state index contributed by atoms with van der Waals surface area (Å²) in [5, 5.41) is 14.4. The summed E-state index contributed by atoms with van der Waals surface area (Å²) in [6.07, 6.45) is 1.60. The van der Waals surface area contributed by atoms with E-state index in [-0.39, 0.29) is 11.6 Å². The van der Waals surface area contributed by atoms with Crippen molar-refractivity contribution in [2.45, 2.75) is 19.8 Å². The first-order chi connectivity index (χ1) is 11.0. The van der Waals surface area contributed by atoms with Crippen molar-refractivity contribution in [2.75, 3.05) is 6.54 Å². The number of rotatable bonds is 6. The predicted octanol–water partition coefficient (Wildman–Crippen LogP) is 3.92. The molecule has 2 aromatic rings. The molecule has 0 spiro atoms. The molecule has 0 aliphatic carbocycles. The zero-order valence-corrected chi connectivity index (χ0v) is 13.5. The molecule has 5 nitrogen and oxygen atoms in total. The number of hydrogen-bond acceptors (Lipinski definition) is 3. The third kappa shape index (κ3) is 4.53. The van der Waals surface area contributed by atoms with Crippen LogP contribution in [-0.2, 0) is 6.42 Å². The van der Waals surface area contributed by atoms with Gasteiger partial charge in [-0.25, -0.2) is 0 Å². The molecule has 1 amide bonds. The largest absolute Gasteiger partial charge is 0.352 e. The lowest BCUT2D eigenvalue weighted by atomic mass is 10.1. The normalized spacial score (nSPS) is 10.3. The number of carbonyl (C=O) groups is 1. The standard InChI is InChI=1S/C17H17ClN2O3/c1-12-15(5-2-6-16(12)20(22)23)17(21)19-11-3-4-13-7-9-14(18)10-8-13/h2,5-10H,3-4,11H2,1H3,(H,19,21). The molecule has 0 fully saturated rings. The van der Waals surface area contributed by atoms with Gasteiger partial charge in [0.1, 0.15) is 0 Å². The first kappa shape index (κ1) is 17.0. The minimum absolute atomic E-state index is 0.0428. The minimum atomic E-state index is -0.480. The number of aryl methyl sites for hydroxylation is 1. The van der Waals surface area contributed by atoms with Crippen molar-refractivity contribution in [3.05, 3.63) is 74.3 Å². The maximum Gasteiger partial charge on any atom is 0.273 e. The molecule has 0 heterocycles. The highest BCUT2D eigenvalue weighted by Gasteiger charge is 2.17. The first-order valence-corrected chi connectivity index (χ1v) is 7.63. The highest BCUT2D eigenvalue weighted by Crippen LogP contribution is 2.20. The maximum absolute atomic E-state index is 12.1. The molecule has 0 unspecified atom stereocenters. The van der Waals surface area contributed by atoms with Crippen LogP contribution in [0.4, 0.5) is 5.69 Å². The molecule has 0 radical (unpaired) electrons. The number of nitrogens with zero attached hydrogens (tertiary/aromatic N) is 1. The average Bonchev–Trinajstić information content (AvgIpc) is 2.53. The number of hydrogen-bond donors (Lipinski definition) is 1. The van der Waals surface area contributed by atoms with Crippen LogP contribution in [0.2, 0.25) is 5.02 Å². The summed E-state index contributed by atoms with van der Waals surface area (Å²) >= 11 is 5.83. The van der Waals surface area contributed by atoms with Gasteiger partial charge >= 0.3 is 0 Å². The van der Waals surface area contributed by atoms with Gasteiger partial charge in [-0.1, -0.05) is 29.8 Å². The van der Waals surface area contributed by atoms with Crippen LogP contribution in [0.1, 0.15) is 27.9 Å². The highest BCUT2D eigenvalue weighted by molar-refractivity contribution is 6.30. The van der Waals surface area contributed by atoms with E-state index < -0.39 is 4.92 Å². The molecule has 0 aliphatic heterocycles. The first-order valence-electron chi connectivity index (χ1n) is 7.25. The van der Waals surface area contributed by atoms with Gasteiger partial charge in [0.15, 0.2) is 0 Å². The van der Waals surface area contributed by atoms with Gasteiger partial charge in [-0.3, -0.25) is 14.9 Å². The SMILES string of the molecule is Cc1c(C(=O)NCCCc2ccc(Cl)cc2)cccc1[N+](=O)[O-]. The van der Waals surface area contributed by atoms with Gasteiger partial charge in [-0.15, -0.1) is 0 Å². The monoisotopic (exact) mass is 332 g/mol. The van der Waals surface area contributed by atoms with Crippen LogP contribution in [-0.4, -0.2) is 17.4 Å². The van der Waals surface area contributed by atoms with Gasteiger partial charge in [0, 0.05) is 28.8 Å². The van der Waals surface area contributed by atoms with Crippen molar-refractivity contribution in [3.8, 4) is 0 Å². The van der Waals surface area contributed by atoms with Crippen molar-refractivity contribution >= 4 is 23.2 Å². The van der Waals surface area contributed by atoms with Crippen molar-refractivity contribution in [2.24, 2.45) is 0 Å². The fourth-order valence-corrected chi connectivity index (χ4v) is 2.43. The van der Waals surface area contributed by atoms with Gasteiger partial charge in [0.25, 0.3) is 11.6 Å². The Balaban J connectivity index is 1.89. The molecule has 2 aromatic carbocycles. The summed E-state index contributed by atoms with van der Waals surface area (Å²) in [5.41, 5.74) is 1.83. The van der Waals surface area contributed by atoms with Crippen molar-refractivity contribution in [3.63, 3.8) is 0 Å². The lowest BCUT2D eigenvalue weighted by Crippen LogP contribution is -2.25. The molecule has 0 bridgehead atoms. The molecule has 120 valence electrons. The Morgan fingerprint density at radius 3 is 2.57 bits per heavy atom. The van der Waals surface area contributed by atoms with Crippen molar-refractivity contribution in [1.82, 2.24) is 5.32 Å². The Morgan fingerprint density at radius 1 is 1.22 bits per heavy atom. The van der Waals surface area contributed by atoms with E-state index in [1.807, 2.05) is 24.3 Å². The molecular formula is C17H17ClN2O3. The van der Waals surface area contributed by atoms with Gasteiger partial charge in [0.2, 0.25) is 0 Å². The molecule has 0 saturated carbocycles. The quantitative estimate of drug-likeness (QED) is 0.495. The zero-order valence-electron chi connectivity index (χ0n) is 12.7. The second-order valence-corrected chi connectivity index (χ2v) is 5.63. The lowest BCUT2D eigenvalue weighted by molar-refractivity contribution is -0.385. The van der Waals surface area contributed by atoms with E-state index >= 15 is 0 Å². The molecule has 23 heavy (non-hydrogen) atoms. The van der Waals surface area contributed by atoms with E-state index in [0.717, 1.165) is 18.4 Å². The highest BCUT2D eigenvalue weighted by atomic mass is 35.5. The number of nitro groups is 1. The summed E-state index contributed by atoms with van der Waals surface area (Å²) < 4.78 is 0. The topological polar surface area (TPSA) is 72.2 Å². The molecule has 2 rings (SSSR count). The number of nitrogens with one attached hydrogen (secondary N) is 1. The number of amides is 1. The third-order valence-corrected chi connectivity index (χ3v) is 3.84. The van der Waals surface area contributed by atoms with Crippen molar-refractivity contribution in [1.29, 1.82) is 0 Å². The minimum Gasteiger partial charge on any atom is -0.352 e. The van der Waals surface area contributed by atoms with E-state index in [4.69, 9.17) is 11.6 Å². The predicted molar refractivity (Wildman–Crippen MR) is 89.9 cm³/mol. The van der Waals surface area contributed by atoms with E-state index in [9.17, 15) is 14.9 Å². The van der Waals surface area contributed by atoms with Gasteiger partial charge in [-0.2, -0.15) is 0 Å². The number of nitro benzene ring substituents is 1. The summed E-state index contributed by atoms with van der Waals surface area (Å²) in [6, 6.07) is 12.1. The Kier molecular flexibility index (Phi) is 5.71. The van der Waals surface area contributed by atoms with Crippen LogP contribution in [0.25, 0.3) is 0 Å². The summed E-state index contributed by atoms with van der Waals surface area (Å²) in [5.74, 6) is -0.290. The summed E-state index contributed by atoms with van der Waals surface area (Å²) in [6.45, 7) is 2.09. The van der Waals surface area contributed by atoms with Gasteiger partial charge in [0.05, 0.1) is 4.92 Å². The van der Waals surface area contributed by atoms with Crippen LogP contribution in [0.5, 0.6) is 0 Å². The Morgan fingerprint density at radius 2 is 1.91 bits per heavy atom. The second kappa shape index (κ2) is 7.74. The maximum atomic E-state index is 12.1. The van der Waals surface area contributed by atoms with E-state index in [1.165, 1.54) is 12.1 Å². The lowest BCUT2D eigenvalue weighted by Gasteiger charge is -2.08. The van der Waals surface area contributed by atoms with Crippen LogP contribution < -0.4 is 5.32 Å². The molecule has 1 N–H and O–H groups in total. The van der Waals surface area contributed by atoms with E-state index in [0.29, 0.717) is 22.7 Å². The second-order valence-electron chi connectivity index (χ2n) is 5.19. The fraction of sp³-hybridized carbons (Fsp3) is 0.235. The Hall–Kier alpha value is -2.40. The third-order valence-electron chi connectivity index (χ3n) is 3.59. The van der Waals surface area contributed by atoms with Crippen LogP contribution in [0, 0.1) is 17.0 Å². The van der Waals surface area contributed by atoms with Crippen LogP contribution in [0.3, 0.4) is 0 Å². The average molecular weight is 333 g/mol. The van der Waals surface area contributed by atoms with Gasteiger partial charge in [-0.05, 0) is 43.5 Å². The summed E-state index contributed by atoms with van der Waals surface area (Å²) in [4.78, 5) is 22.6. The molecule has 0 atom stereocenters. The van der Waals surface area contributed by atoms with Gasteiger partial charge < -0.3 is 5.32 Å². The van der Waals surface area contributed by atoms with Crippen molar-refractivity contribution < 1.29 is 9.72 Å². The number of halogens is 1. The molecule has 6 heteroatoms. The fourth-order valence-electron chi connectivity index (χ4n) is 2.31. The molecular weight excluding hydrogens is 316 g/mol. The smallest absolute Gasteiger partial charge is 0.273 e. The van der Waals surface area contributed by atoms with E-state index in [1.54, 1.807) is 13.0 Å². The Bertz CT molecular complexity index is 714. The Labute approximate surface area is 139 Å². The number of carbonyl (C=O) groups excluding carboxylic acids is 1.